The normalized spacial score (nSPS) is 16.5. The number of nitrogens with zero attached hydrogens (tertiary/aromatic N) is 2. The molecule has 0 spiro atoms. The zero-order valence-electron chi connectivity index (χ0n) is 11.1. The van der Waals surface area contributed by atoms with Gasteiger partial charge in [0.25, 0.3) is 0 Å². The van der Waals surface area contributed by atoms with Gasteiger partial charge in [0.1, 0.15) is 23.9 Å². The van der Waals surface area contributed by atoms with Crippen molar-refractivity contribution < 1.29 is 18.3 Å². The topological polar surface area (TPSA) is 64.1 Å². The average Bonchev–Trinajstić information content (AvgIpc) is 2.93. The van der Waals surface area contributed by atoms with Crippen LogP contribution in [-0.4, -0.2) is 22.7 Å². The van der Waals surface area contributed by atoms with Crippen LogP contribution in [0.1, 0.15) is 22.9 Å². The first-order valence-electron chi connectivity index (χ1n) is 6.33. The second-order valence-electron chi connectivity index (χ2n) is 4.53. The van der Waals surface area contributed by atoms with Crippen LogP contribution in [0, 0.1) is 23.5 Å². The van der Waals surface area contributed by atoms with Crippen molar-refractivity contribution in [2.75, 3.05) is 6.61 Å². The molecule has 0 saturated carbocycles. The summed E-state index contributed by atoms with van der Waals surface area (Å²) >= 11 is 0. The molecule has 2 aromatic rings. The third-order valence-electron chi connectivity index (χ3n) is 2.97. The Hall–Kier alpha value is -3.01. The number of hydrogen-bond acceptors (Lipinski definition) is 4. The molecule has 0 unspecified atom stereocenters. The molecular formula is C15H9F2N3O2. The molecular weight excluding hydrogens is 292 g/mol. The van der Waals surface area contributed by atoms with Gasteiger partial charge >= 0.3 is 6.09 Å². The molecule has 22 heavy (non-hydrogen) atoms. The van der Waals surface area contributed by atoms with E-state index in [9.17, 15) is 13.6 Å². The average molecular weight is 301 g/mol. The Morgan fingerprint density at radius 2 is 2.09 bits per heavy atom. The molecule has 0 aliphatic carbocycles. The SMILES string of the molecule is O=C1N[C@H](c2cc(C#Cc3cncc(F)c3)ncc2F)CO1. The third kappa shape index (κ3) is 3.01. The van der Waals surface area contributed by atoms with Gasteiger partial charge in [0.15, 0.2) is 0 Å². The Kier molecular flexibility index (Phi) is 3.66. The van der Waals surface area contributed by atoms with Gasteiger partial charge < -0.3 is 10.1 Å². The van der Waals surface area contributed by atoms with Crippen molar-refractivity contribution >= 4 is 6.09 Å². The Labute approximate surface area is 124 Å². The molecule has 1 amide bonds. The van der Waals surface area contributed by atoms with Gasteiger partial charge in [-0.25, -0.2) is 18.6 Å². The maximum absolute atomic E-state index is 13.8. The molecule has 1 saturated heterocycles. The van der Waals surface area contributed by atoms with Gasteiger partial charge in [-0.05, 0) is 18.1 Å². The van der Waals surface area contributed by atoms with Crippen LogP contribution in [-0.2, 0) is 4.74 Å². The number of carbonyl (C=O) groups is 1. The van der Waals surface area contributed by atoms with Crippen LogP contribution in [0.15, 0.2) is 30.7 Å². The highest BCUT2D eigenvalue weighted by molar-refractivity contribution is 5.70. The van der Waals surface area contributed by atoms with Gasteiger partial charge in [0.05, 0.1) is 18.4 Å². The Bertz CT molecular complexity index is 799. The summed E-state index contributed by atoms with van der Waals surface area (Å²) in [5.74, 6) is 4.34. The van der Waals surface area contributed by atoms with Crippen molar-refractivity contribution in [2.45, 2.75) is 6.04 Å². The summed E-state index contributed by atoms with van der Waals surface area (Å²) in [5.41, 5.74) is 0.912. The second-order valence-corrected chi connectivity index (χ2v) is 4.53. The molecule has 1 aliphatic rings. The molecule has 7 heteroatoms. The van der Waals surface area contributed by atoms with Crippen molar-refractivity contribution in [1.29, 1.82) is 0 Å². The van der Waals surface area contributed by atoms with Crippen LogP contribution in [0.2, 0.25) is 0 Å². The van der Waals surface area contributed by atoms with Crippen molar-refractivity contribution in [3.05, 3.63) is 59.2 Å². The quantitative estimate of drug-likeness (QED) is 0.818. The molecule has 5 nitrogen and oxygen atoms in total. The molecule has 0 radical (unpaired) electrons. The summed E-state index contributed by atoms with van der Waals surface area (Å²) < 4.78 is 31.5. The first kappa shape index (κ1) is 13.9. The lowest BCUT2D eigenvalue weighted by molar-refractivity contribution is 0.176. The Balaban J connectivity index is 1.88. The predicted molar refractivity (Wildman–Crippen MR) is 71.6 cm³/mol. The molecule has 0 bridgehead atoms. The van der Waals surface area contributed by atoms with Crippen LogP contribution >= 0.6 is 0 Å². The molecule has 3 heterocycles. The number of cyclic esters (lactones) is 1. The maximum Gasteiger partial charge on any atom is 0.407 e. The van der Waals surface area contributed by atoms with Gasteiger partial charge in [-0.2, -0.15) is 0 Å². The zero-order chi connectivity index (χ0) is 15.5. The molecule has 0 aromatic carbocycles. The van der Waals surface area contributed by atoms with E-state index in [1.54, 1.807) is 0 Å². The molecule has 1 fully saturated rings. The number of halogens is 2. The molecule has 110 valence electrons. The summed E-state index contributed by atoms with van der Waals surface area (Å²) in [6, 6.07) is 2.08. The number of carbonyl (C=O) groups excluding carboxylic acids is 1. The first-order chi connectivity index (χ1) is 10.6. The fourth-order valence-corrected chi connectivity index (χ4v) is 1.96. The monoisotopic (exact) mass is 301 g/mol. The number of rotatable bonds is 1. The van der Waals surface area contributed by atoms with Crippen molar-refractivity contribution in [1.82, 2.24) is 15.3 Å². The van der Waals surface area contributed by atoms with Crippen LogP contribution in [0.3, 0.4) is 0 Å². The first-order valence-corrected chi connectivity index (χ1v) is 6.33. The minimum Gasteiger partial charge on any atom is -0.447 e. The number of hydrogen-bond donors (Lipinski definition) is 1. The number of ether oxygens (including phenoxy) is 1. The van der Waals surface area contributed by atoms with Gasteiger partial charge in [-0.1, -0.05) is 5.92 Å². The van der Waals surface area contributed by atoms with E-state index in [1.807, 2.05) is 0 Å². The van der Waals surface area contributed by atoms with E-state index >= 15 is 0 Å². The van der Waals surface area contributed by atoms with E-state index in [4.69, 9.17) is 4.74 Å². The second kappa shape index (κ2) is 5.77. The molecule has 3 rings (SSSR count). The highest BCUT2D eigenvalue weighted by atomic mass is 19.1. The summed E-state index contributed by atoms with van der Waals surface area (Å²) in [6.07, 6.45) is 2.90. The van der Waals surface area contributed by atoms with Gasteiger partial charge in [0.2, 0.25) is 0 Å². The standard InChI is InChI=1S/C15H9F2N3O2/c16-10-3-9(5-18-6-10)1-2-11-4-12(13(17)7-19-11)14-8-22-15(21)20-14/h3-7,14H,8H2,(H,20,21)/t14-/m0/s1. The van der Waals surface area contributed by atoms with E-state index in [0.717, 1.165) is 12.4 Å². The van der Waals surface area contributed by atoms with Crippen molar-refractivity contribution in [2.24, 2.45) is 0 Å². The number of alkyl carbamates (subject to hydrolysis) is 1. The third-order valence-corrected chi connectivity index (χ3v) is 2.97. The summed E-state index contributed by atoms with van der Waals surface area (Å²) in [7, 11) is 0. The number of aromatic nitrogens is 2. The largest absolute Gasteiger partial charge is 0.447 e. The lowest BCUT2D eigenvalue weighted by Crippen LogP contribution is -2.19. The minimum absolute atomic E-state index is 0.0421. The predicted octanol–water partition coefficient (Wildman–Crippen LogP) is 1.94. The number of nitrogens with one attached hydrogen (secondary N) is 1. The highest BCUT2D eigenvalue weighted by Gasteiger charge is 2.26. The van der Waals surface area contributed by atoms with Gasteiger partial charge in [-0.3, -0.25) is 4.98 Å². The van der Waals surface area contributed by atoms with E-state index < -0.39 is 23.8 Å². The number of amides is 1. The molecule has 1 atom stereocenters. The van der Waals surface area contributed by atoms with Crippen LogP contribution in [0.5, 0.6) is 0 Å². The lowest BCUT2D eigenvalue weighted by atomic mass is 10.1. The highest BCUT2D eigenvalue weighted by Crippen LogP contribution is 2.21. The van der Waals surface area contributed by atoms with E-state index in [0.29, 0.717) is 11.3 Å². The summed E-state index contributed by atoms with van der Waals surface area (Å²) in [4.78, 5) is 18.6. The zero-order valence-corrected chi connectivity index (χ0v) is 11.1. The fourth-order valence-electron chi connectivity index (χ4n) is 1.96. The van der Waals surface area contributed by atoms with E-state index in [1.165, 1.54) is 18.3 Å². The summed E-state index contributed by atoms with van der Waals surface area (Å²) in [6.45, 7) is 0.0421. The molecule has 1 aliphatic heterocycles. The molecule has 2 aromatic heterocycles. The Morgan fingerprint density at radius 1 is 1.23 bits per heavy atom. The van der Waals surface area contributed by atoms with E-state index in [2.05, 4.69) is 27.1 Å². The molecule has 1 N–H and O–H groups in total. The lowest BCUT2D eigenvalue weighted by Gasteiger charge is -2.08. The van der Waals surface area contributed by atoms with Crippen LogP contribution in [0.25, 0.3) is 0 Å². The van der Waals surface area contributed by atoms with Crippen LogP contribution < -0.4 is 5.32 Å². The van der Waals surface area contributed by atoms with Gasteiger partial charge in [0, 0.05) is 17.3 Å². The van der Waals surface area contributed by atoms with Crippen molar-refractivity contribution in [3.8, 4) is 11.8 Å². The summed E-state index contributed by atoms with van der Waals surface area (Å²) in [5, 5.41) is 2.48. The van der Waals surface area contributed by atoms with Gasteiger partial charge in [-0.15, -0.1) is 0 Å². The minimum atomic E-state index is -0.598. The fraction of sp³-hybridized carbons (Fsp3) is 0.133. The Morgan fingerprint density at radius 3 is 2.82 bits per heavy atom. The van der Waals surface area contributed by atoms with E-state index in [-0.39, 0.29) is 12.2 Å². The number of pyridine rings is 2. The smallest absolute Gasteiger partial charge is 0.407 e. The van der Waals surface area contributed by atoms with Crippen LogP contribution in [0.4, 0.5) is 13.6 Å². The maximum atomic E-state index is 13.8. The van der Waals surface area contributed by atoms with Crippen molar-refractivity contribution in [3.63, 3.8) is 0 Å².